The van der Waals surface area contributed by atoms with Crippen LogP contribution in [0, 0.1) is 0 Å². The summed E-state index contributed by atoms with van der Waals surface area (Å²) in [5.41, 5.74) is 2.34. The zero-order valence-corrected chi connectivity index (χ0v) is 14.6. The van der Waals surface area contributed by atoms with E-state index in [9.17, 15) is 4.79 Å². The lowest BCUT2D eigenvalue weighted by molar-refractivity contribution is 0.101. The first-order valence-corrected chi connectivity index (χ1v) is 8.58. The normalized spacial score (nSPS) is 14.2. The van der Waals surface area contributed by atoms with Gasteiger partial charge in [-0.15, -0.1) is 0 Å². The van der Waals surface area contributed by atoms with Crippen molar-refractivity contribution in [1.82, 2.24) is 0 Å². The average molecular weight is 363 g/mol. The van der Waals surface area contributed by atoms with Crippen molar-refractivity contribution < 1.29 is 14.3 Å². The molecule has 0 fully saturated rings. The van der Waals surface area contributed by atoms with Crippen LogP contribution in [0.3, 0.4) is 0 Å². The van der Waals surface area contributed by atoms with Crippen LogP contribution in [0.25, 0.3) is 6.08 Å². The highest BCUT2D eigenvalue weighted by molar-refractivity contribution is 6.32. The van der Waals surface area contributed by atoms with Crippen molar-refractivity contribution in [2.75, 3.05) is 0 Å². The molecule has 1 aliphatic heterocycles. The Hall–Kier alpha value is -3.04. The number of benzene rings is 3. The highest BCUT2D eigenvalue weighted by Gasteiger charge is 2.27. The van der Waals surface area contributed by atoms with Gasteiger partial charge in [0.05, 0.1) is 5.56 Å². The van der Waals surface area contributed by atoms with E-state index in [-0.39, 0.29) is 11.5 Å². The lowest BCUT2D eigenvalue weighted by Gasteiger charge is -2.07. The van der Waals surface area contributed by atoms with Gasteiger partial charge in [-0.2, -0.15) is 0 Å². The maximum absolute atomic E-state index is 12.5. The van der Waals surface area contributed by atoms with E-state index in [0.717, 1.165) is 11.1 Å². The van der Waals surface area contributed by atoms with Crippen molar-refractivity contribution in [3.63, 3.8) is 0 Å². The Morgan fingerprint density at radius 2 is 1.73 bits per heavy atom. The summed E-state index contributed by atoms with van der Waals surface area (Å²) in [7, 11) is 0. The van der Waals surface area contributed by atoms with E-state index in [2.05, 4.69) is 0 Å². The summed E-state index contributed by atoms with van der Waals surface area (Å²) in [5.74, 6) is 1.25. The fourth-order valence-electron chi connectivity index (χ4n) is 2.73. The molecule has 0 aliphatic carbocycles. The number of hydrogen-bond donors (Lipinski definition) is 0. The summed E-state index contributed by atoms with van der Waals surface area (Å²) < 4.78 is 11.5. The van der Waals surface area contributed by atoms with Crippen LogP contribution in [0.2, 0.25) is 5.02 Å². The lowest BCUT2D eigenvalue weighted by atomic mass is 10.1. The molecular formula is C22H15ClO3. The fourth-order valence-corrected chi connectivity index (χ4v) is 2.92. The monoisotopic (exact) mass is 362 g/mol. The molecule has 0 amide bonds. The quantitative estimate of drug-likeness (QED) is 0.572. The Morgan fingerprint density at radius 3 is 2.54 bits per heavy atom. The van der Waals surface area contributed by atoms with Crippen LogP contribution in [0.15, 0.2) is 78.6 Å². The van der Waals surface area contributed by atoms with Crippen LogP contribution in [0.1, 0.15) is 21.5 Å². The Labute approximate surface area is 156 Å². The maximum Gasteiger partial charge on any atom is 0.231 e. The number of carbonyl (C=O) groups excluding carboxylic acids is 1. The van der Waals surface area contributed by atoms with E-state index in [4.69, 9.17) is 21.1 Å². The van der Waals surface area contributed by atoms with Crippen molar-refractivity contribution in [2.24, 2.45) is 0 Å². The highest BCUT2D eigenvalue weighted by atomic mass is 35.5. The zero-order chi connectivity index (χ0) is 17.9. The summed E-state index contributed by atoms with van der Waals surface area (Å²) in [5, 5.41) is 0.569. The SMILES string of the molecule is O=C1C(=Cc2ccccc2Cl)Oc2cc(OCc3ccccc3)ccc21. The van der Waals surface area contributed by atoms with Crippen molar-refractivity contribution in [3.05, 3.63) is 100 Å². The third-order valence-corrected chi connectivity index (χ3v) is 4.43. The van der Waals surface area contributed by atoms with E-state index in [0.29, 0.717) is 28.7 Å². The van der Waals surface area contributed by atoms with E-state index in [1.54, 1.807) is 30.3 Å². The van der Waals surface area contributed by atoms with E-state index < -0.39 is 0 Å². The molecule has 3 aromatic carbocycles. The van der Waals surface area contributed by atoms with E-state index in [1.165, 1.54) is 0 Å². The predicted molar refractivity (Wildman–Crippen MR) is 102 cm³/mol. The van der Waals surface area contributed by atoms with Gasteiger partial charge in [-0.1, -0.05) is 60.1 Å². The van der Waals surface area contributed by atoms with Gasteiger partial charge in [0.25, 0.3) is 0 Å². The van der Waals surface area contributed by atoms with Gasteiger partial charge in [0.15, 0.2) is 5.76 Å². The predicted octanol–water partition coefficient (Wildman–Crippen LogP) is 5.54. The largest absolute Gasteiger partial charge is 0.489 e. The zero-order valence-electron chi connectivity index (χ0n) is 13.8. The number of rotatable bonds is 4. The van der Waals surface area contributed by atoms with Crippen molar-refractivity contribution in [2.45, 2.75) is 6.61 Å². The summed E-state index contributed by atoms with van der Waals surface area (Å²) in [4.78, 5) is 12.5. The molecule has 3 nitrogen and oxygen atoms in total. The average Bonchev–Trinajstić information content (AvgIpc) is 2.98. The molecule has 4 rings (SSSR count). The highest BCUT2D eigenvalue weighted by Crippen LogP contribution is 2.35. The van der Waals surface area contributed by atoms with E-state index in [1.807, 2.05) is 48.5 Å². The Kier molecular flexibility index (Phi) is 4.46. The summed E-state index contributed by atoms with van der Waals surface area (Å²) in [6.07, 6.45) is 1.66. The molecule has 128 valence electrons. The summed E-state index contributed by atoms with van der Waals surface area (Å²) >= 11 is 6.15. The van der Waals surface area contributed by atoms with Gasteiger partial charge in [0, 0.05) is 11.1 Å². The Bertz CT molecular complexity index is 993. The maximum atomic E-state index is 12.5. The molecule has 0 saturated heterocycles. The minimum atomic E-state index is -0.158. The third kappa shape index (κ3) is 3.35. The second-order valence-electron chi connectivity index (χ2n) is 5.89. The number of Topliss-reactive ketones (excluding diaryl/α,β-unsaturated/α-hetero) is 1. The van der Waals surface area contributed by atoms with Gasteiger partial charge in [-0.3, -0.25) is 4.79 Å². The number of hydrogen-bond acceptors (Lipinski definition) is 3. The van der Waals surface area contributed by atoms with Crippen molar-refractivity contribution in [3.8, 4) is 11.5 Å². The standard InChI is InChI=1S/C22H15ClO3/c23-19-9-5-4-8-16(19)12-21-22(24)18-11-10-17(13-20(18)26-21)25-14-15-6-2-1-3-7-15/h1-13H,14H2. The van der Waals surface area contributed by atoms with Crippen molar-refractivity contribution >= 4 is 23.5 Å². The van der Waals surface area contributed by atoms with Gasteiger partial charge in [0.2, 0.25) is 5.78 Å². The molecule has 0 radical (unpaired) electrons. The third-order valence-electron chi connectivity index (χ3n) is 4.08. The van der Waals surface area contributed by atoms with Crippen LogP contribution in [0.4, 0.5) is 0 Å². The molecule has 1 heterocycles. The smallest absolute Gasteiger partial charge is 0.231 e. The number of fused-ring (bicyclic) bond motifs is 1. The van der Waals surface area contributed by atoms with E-state index >= 15 is 0 Å². The number of ketones is 1. The summed E-state index contributed by atoms with van der Waals surface area (Å²) in [6.45, 7) is 0.454. The second kappa shape index (κ2) is 7.06. The number of halogens is 1. The first-order valence-electron chi connectivity index (χ1n) is 8.20. The number of allylic oxidation sites excluding steroid dienone is 1. The minimum Gasteiger partial charge on any atom is -0.489 e. The molecule has 0 atom stereocenters. The first kappa shape index (κ1) is 16.4. The van der Waals surface area contributed by atoms with Gasteiger partial charge < -0.3 is 9.47 Å². The molecule has 0 spiro atoms. The Balaban J connectivity index is 1.54. The molecule has 0 N–H and O–H groups in total. The number of carbonyl (C=O) groups is 1. The van der Waals surface area contributed by atoms with Crippen LogP contribution < -0.4 is 9.47 Å². The molecule has 4 heteroatoms. The topological polar surface area (TPSA) is 35.5 Å². The van der Waals surface area contributed by atoms with Gasteiger partial charge in [0.1, 0.15) is 18.1 Å². The summed E-state index contributed by atoms with van der Waals surface area (Å²) in [6, 6.07) is 22.5. The second-order valence-corrected chi connectivity index (χ2v) is 6.30. The molecule has 26 heavy (non-hydrogen) atoms. The van der Waals surface area contributed by atoms with Crippen LogP contribution in [-0.4, -0.2) is 5.78 Å². The Morgan fingerprint density at radius 1 is 0.962 bits per heavy atom. The molecule has 0 bridgehead atoms. The molecule has 0 unspecified atom stereocenters. The lowest BCUT2D eigenvalue weighted by Crippen LogP contribution is -1.98. The van der Waals surface area contributed by atoms with Gasteiger partial charge >= 0.3 is 0 Å². The van der Waals surface area contributed by atoms with Crippen molar-refractivity contribution in [1.29, 1.82) is 0 Å². The molecule has 1 aliphatic rings. The number of ether oxygens (including phenoxy) is 2. The van der Waals surface area contributed by atoms with Crippen LogP contribution in [-0.2, 0) is 6.61 Å². The first-order chi connectivity index (χ1) is 12.7. The molecule has 3 aromatic rings. The molecule has 0 aromatic heterocycles. The van der Waals surface area contributed by atoms with Gasteiger partial charge in [-0.05, 0) is 35.4 Å². The molecule has 0 saturated carbocycles. The van der Waals surface area contributed by atoms with Crippen LogP contribution in [0.5, 0.6) is 11.5 Å². The minimum absolute atomic E-state index is 0.158. The fraction of sp³-hybridized carbons (Fsp3) is 0.0455. The van der Waals surface area contributed by atoms with Crippen LogP contribution >= 0.6 is 11.6 Å². The molecular weight excluding hydrogens is 348 g/mol. The van der Waals surface area contributed by atoms with Gasteiger partial charge in [-0.25, -0.2) is 0 Å².